The van der Waals surface area contributed by atoms with Crippen LogP contribution in [0.3, 0.4) is 0 Å². The number of hydrogen-bond acceptors (Lipinski definition) is 2. The third kappa shape index (κ3) is 5.24. The number of carbonyl (C=O) groups is 1. The molecule has 0 atom stereocenters. The predicted octanol–water partition coefficient (Wildman–Crippen LogP) is 4.75. The third-order valence-electron chi connectivity index (χ3n) is 8.42. The summed E-state index contributed by atoms with van der Waals surface area (Å²) in [6, 6.07) is 32.2. The van der Waals surface area contributed by atoms with Crippen molar-refractivity contribution in [3.8, 4) is 5.69 Å². The number of nitrogens with zero attached hydrogens (tertiary/aromatic N) is 3. The minimum atomic E-state index is -0.238. The zero-order valence-corrected chi connectivity index (χ0v) is 25.7. The van der Waals surface area contributed by atoms with Gasteiger partial charge in [0.15, 0.2) is 0 Å². The Morgan fingerprint density at radius 2 is 1.71 bits per heavy atom. The Labute approximate surface area is 256 Å². The summed E-state index contributed by atoms with van der Waals surface area (Å²) in [5, 5.41) is 1.07. The van der Waals surface area contributed by atoms with Crippen LogP contribution in [0.4, 0.5) is 10.1 Å². The van der Waals surface area contributed by atoms with Gasteiger partial charge in [-0.2, -0.15) is 0 Å². The van der Waals surface area contributed by atoms with Gasteiger partial charge in [0.1, 0.15) is 0 Å². The van der Waals surface area contributed by atoms with Gasteiger partial charge < -0.3 is 0 Å². The third-order valence-corrected chi connectivity index (χ3v) is 11.0. The number of carbonyl (C=O) groups excluding carboxylic acids is 1. The molecule has 0 bridgehead atoms. The fraction of sp³-hybridized carbons (Fsp3) is 0.194. The number of anilines is 1. The summed E-state index contributed by atoms with van der Waals surface area (Å²) in [7, 11) is 0. The van der Waals surface area contributed by atoms with Crippen LogP contribution < -0.4 is 26.1 Å². The zero-order chi connectivity index (χ0) is 28.6. The molecule has 1 saturated heterocycles. The summed E-state index contributed by atoms with van der Waals surface area (Å²) in [4.78, 5) is 18.0. The number of piperidine rings is 1. The topological polar surface area (TPSA) is 28.5 Å². The summed E-state index contributed by atoms with van der Waals surface area (Å²) < 4.78 is 20.1. The van der Waals surface area contributed by atoms with Gasteiger partial charge >= 0.3 is 215 Å². The molecular formula is C36H32FIN3O-. The van der Waals surface area contributed by atoms with Crippen molar-refractivity contribution < 1.29 is 30.4 Å². The molecule has 0 unspecified atom stereocenters. The van der Waals surface area contributed by atoms with E-state index in [9.17, 15) is 9.18 Å². The Balaban J connectivity index is 1.07. The predicted molar refractivity (Wildman–Crippen MR) is 162 cm³/mol. The first-order chi connectivity index (χ1) is 20.5. The van der Waals surface area contributed by atoms with Gasteiger partial charge in [-0.05, 0) is 19.1 Å². The molecule has 0 spiro atoms. The normalized spacial score (nSPS) is 15.7. The van der Waals surface area contributed by atoms with Crippen molar-refractivity contribution in [2.24, 2.45) is 5.92 Å². The minimum absolute atomic E-state index is 0.102. The number of halogens is 2. The average molecular weight is 669 g/mol. The van der Waals surface area contributed by atoms with Crippen LogP contribution >= 0.6 is 0 Å². The zero-order valence-electron chi connectivity index (χ0n) is 23.5. The number of aryl methyl sites for hydroxylation is 1. The van der Waals surface area contributed by atoms with E-state index in [2.05, 4.69) is 87.3 Å². The number of benzene rings is 4. The molecule has 7 rings (SSSR count). The van der Waals surface area contributed by atoms with Crippen LogP contribution in [0.1, 0.15) is 34.3 Å². The van der Waals surface area contributed by atoms with Crippen LogP contribution in [0.15, 0.2) is 113 Å². The molecule has 2 aliphatic rings. The first-order valence-electron chi connectivity index (χ1n) is 14.5. The van der Waals surface area contributed by atoms with Crippen molar-refractivity contribution in [2.75, 3.05) is 18.0 Å². The Bertz CT molecular complexity index is 1800. The number of para-hydroxylation sites is 1. The van der Waals surface area contributed by atoms with Crippen molar-refractivity contribution >= 4 is 22.5 Å². The maximum atomic E-state index is 14.0. The second kappa shape index (κ2) is 11.4. The van der Waals surface area contributed by atoms with Crippen LogP contribution in [0.25, 0.3) is 16.6 Å². The number of allylic oxidation sites excluding steroid dienone is 1. The Hall–Kier alpha value is -3.91. The molecule has 4 nitrogen and oxygen atoms in total. The Morgan fingerprint density at radius 1 is 0.905 bits per heavy atom. The van der Waals surface area contributed by atoms with Gasteiger partial charge in [-0.25, -0.2) is 0 Å². The molecule has 1 fully saturated rings. The van der Waals surface area contributed by atoms with Crippen molar-refractivity contribution in [1.82, 2.24) is 9.47 Å². The van der Waals surface area contributed by atoms with Gasteiger partial charge in [-0.1, -0.05) is 17.7 Å². The van der Waals surface area contributed by atoms with Crippen LogP contribution in [0, 0.1) is 22.2 Å². The number of fused-ring (bicyclic) bond motifs is 2. The van der Waals surface area contributed by atoms with E-state index in [1.165, 1.54) is 26.6 Å². The standard InChI is InChI=1S/C36H32FIN3O/c1-25-9-12-31(13-10-25)40-20-17-28-22-29(11-14-33(28)40)36(42)39-18-15-27(16-19-39)35-23-38-32-7-2-3-8-34(32)41(35)24-26-5-4-6-30(37)21-26/h2-14,17,20-23,27H,15-16,18-19,24H2,1H3/q-1. The molecule has 212 valence electrons. The molecule has 6 heteroatoms. The molecular weight excluding hydrogens is 636 g/mol. The van der Waals surface area contributed by atoms with Gasteiger partial charge in [0.05, 0.1) is 0 Å². The summed E-state index contributed by atoms with van der Waals surface area (Å²) in [5.41, 5.74) is 7.75. The fourth-order valence-electron chi connectivity index (χ4n) is 6.15. The molecule has 2 aliphatic heterocycles. The summed E-state index contributed by atoms with van der Waals surface area (Å²) in [6.45, 7) is 4.20. The van der Waals surface area contributed by atoms with E-state index < -0.39 is 0 Å². The SMILES string of the molecule is Cc1ccc(-n2ccc3cc(C(=O)N4CCC(C5=C[I-]c6ccccc6N5Cc5cccc(F)c5)CC4)ccc32)cc1. The van der Waals surface area contributed by atoms with Gasteiger partial charge in [0.25, 0.3) is 0 Å². The smallest absolute Gasteiger partial charge is 0.0378 e. The van der Waals surface area contributed by atoms with Crippen molar-refractivity contribution in [1.29, 1.82) is 0 Å². The van der Waals surface area contributed by atoms with Crippen LogP contribution in [-0.2, 0) is 6.54 Å². The summed E-state index contributed by atoms with van der Waals surface area (Å²) in [5.74, 6) is 0.277. The largest absolute Gasteiger partial charge is 0.0572 e. The molecule has 5 aromatic rings. The van der Waals surface area contributed by atoms with Crippen LogP contribution in [0.5, 0.6) is 0 Å². The van der Waals surface area contributed by atoms with E-state index in [1.54, 1.807) is 12.1 Å². The molecule has 1 amide bonds. The number of hydrogen-bond donors (Lipinski definition) is 0. The van der Waals surface area contributed by atoms with Crippen molar-refractivity contribution in [3.05, 3.63) is 139 Å². The van der Waals surface area contributed by atoms with E-state index in [0.717, 1.165) is 53.6 Å². The first kappa shape index (κ1) is 27.0. The molecule has 0 saturated carbocycles. The Kier molecular flexibility index (Phi) is 7.32. The van der Waals surface area contributed by atoms with Crippen LogP contribution in [-0.4, -0.2) is 28.5 Å². The molecule has 1 aromatic heterocycles. The van der Waals surface area contributed by atoms with Crippen molar-refractivity contribution in [2.45, 2.75) is 26.3 Å². The van der Waals surface area contributed by atoms with Gasteiger partial charge in [-0.3, -0.25) is 0 Å². The Morgan fingerprint density at radius 3 is 2.52 bits per heavy atom. The molecule has 0 N–H and O–H groups in total. The van der Waals surface area contributed by atoms with E-state index >= 15 is 0 Å². The van der Waals surface area contributed by atoms with Gasteiger partial charge in [0.2, 0.25) is 0 Å². The molecule has 0 radical (unpaired) electrons. The van der Waals surface area contributed by atoms with Crippen molar-refractivity contribution in [3.63, 3.8) is 0 Å². The summed E-state index contributed by atoms with van der Waals surface area (Å²) >= 11 is -0.238. The number of likely N-dealkylation sites (tertiary alicyclic amines) is 1. The number of amides is 1. The van der Waals surface area contributed by atoms with E-state index in [1.807, 2.05) is 23.1 Å². The molecule has 0 aliphatic carbocycles. The second-order valence-corrected chi connectivity index (χ2v) is 13.6. The monoisotopic (exact) mass is 668 g/mol. The maximum Gasteiger partial charge on any atom is -0.0378 e. The first-order valence-corrected chi connectivity index (χ1v) is 16.8. The average Bonchev–Trinajstić information content (AvgIpc) is 3.45. The second-order valence-electron chi connectivity index (χ2n) is 11.2. The quantitative estimate of drug-likeness (QED) is 0.253. The van der Waals surface area contributed by atoms with Gasteiger partial charge in [-0.15, -0.1) is 0 Å². The summed E-state index contributed by atoms with van der Waals surface area (Å²) in [6.07, 6.45) is 3.92. The fourth-order valence-corrected chi connectivity index (χ4v) is 8.85. The maximum absolute atomic E-state index is 14.0. The van der Waals surface area contributed by atoms with E-state index in [4.69, 9.17) is 0 Å². The molecule has 3 heterocycles. The minimum Gasteiger partial charge on any atom is -0.0572 e. The number of rotatable bonds is 5. The molecule has 4 aromatic carbocycles. The van der Waals surface area contributed by atoms with E-state index in [-0.39, 0.29) is 32.9 Å². The number of aromatic nitrogens is 1. The van der Waals surface area contributed by atoms with Gasteiger partial charge in [0, 0.05) is 5.69 Å². The van der Waals surface area contributed by atoms with E-state index in [0.29, 0.717) is 12.5 Å². The molecule has 42 heavy (non-hydrogen) atoms. The van der Waals surface area contributed by atoms with Crippen LogP contribution in [0.2, 0.25) is 0 Å².